The molecule has 1 amide bonds. The summed E-state index contributed by atoms with van der Waals surface area (Å²) in [6.07, 6.45) is 3.75. The average Bonchev–Trinajstić information content (AvgIpc) is 2.41. The lowest BCUT2D eigenvalue weighted by Crippen LogP contribution is -2.29. The lowest BCUT2D eigenvalue weighted by atomic mass is 10.1. The van der Waals surface area contributed by atoms with Crippen molar-refractivity contribution in [2.45, 2.75) is 0 Å². The molecule has 0 saturated carbocycles. The van der Waals surface area contributed by atoms with Crippen LogP contribution in [0.3, 0.4) is 0 Å². The van der Waals surface area contributed by atoms with Gasteiger partial charge in [-0.2, -0.15) is 0 Å². The summed E-state index contributed by atoms with van der Waals surface area (Å²) in [4.78, 5) is 16.0. The summed E-state index contributed by atoms with van der Waals surface area (Å²) in [7, 11) is 0. The molecule has 0 aromatic heterocycles. The predicted molar refractivity (Wildman–Crippen MR) is 71.1 cm³/mol. The molecular weight excluding hydrogens is 222 g/mol. The van der Waals surface area contributed by atoms with Gasteiger partial charge in [0.25, 0.3) is 5.91 Å². The second-order valence-electron chi connectivity index (χ2n) is 4.13. The molecule has 0 aliphatic carbocycles. The summed E-state index contributed by atoms with van der Waals surface area (Å²) < 4.78 is 0. The minimum atomic E-state index is -0.183. The van der Waals surface area contributed by atoms with E-state index in [1.54, 1.807) is 0 Å². The standard InChI is InChI=1S/C16H11NO/c18-16-14(10-12-6-2-1-3-7-12)11-13-8-4-5-9-15(13)17-16/h1-11H. The number of amides is 1. The van der Waals surface area contributed by atoms with E-state index in [9.17, 15) is 4.79 Å². The van der Waals surface area contributed by atoms with E-state index in [2.05, 4.69) is 4.99 Å². The van der Waals surface area contributed by atoms with Gasteiger partial charge in [-0.05, 0) is 23.8 Å². The average molecular weight is 233 g/mol. The van der Waals surface area contributed by atoms with E-state index in [0.29, 0.717) is 5.57 Å². The van der Waals surface area contributed by atoms with Gasteiger partial charge in [0.05, 0.1) is 5.36 Å². The van der Waals surface area contributed by atoms with Crippen LogP contribution in [0.15, 0.2) is 65.2 Å². The molecule has 2 aromatic carbocycles. The van der Waals surface area contributed by atoms with Crippen LogP contribution in [0.5, 0.6) is 0 Å². The zero-order valence-electron chi connectivity index (χ0n) is 9.71. The van der Waals surface area contributed by atoms with E-state index >= 15 is 0 Å². The molecule has 0 spiro atoms. The fraction of sp³-hybridized carbons (Fsp3) is 0. The van der Waals surface area contributed by atoms with Crippen molar-refractivity contribution in [2.75, 3.05) is 0 Å². The van der Waals surface area contributed by atoms with Gasteiger partial charge in [-0.15, -0.1) is 0 Å². The molecule has 0 N–H and O–H groups in total. The zero-order chi connectivity index (χ0) is 12.4. The quantitative estimate of drug-likeness (QED) is 0.689. The molecule has 2 aromatic rings. The fourth-order valence-electron chi connectivity index (χ4n) is 1.95. The van der Waals surface area contributed by atoms with E-state index in [1.165, 1.54) is 0 Å². The van der Waals surface area contributed by atoms with Crippen LogP contribution in [-0.4, -0.2) is 5.91 Å². The summed E-state index contributed by atoms with van der Waals surface area (Å²) in [5, 5.41) is 1.73. The number of hydrogen-bond acceptors (Lipinski definition) is 1. The van der Waals surface area contributed by atoms with Crippen LogP contribution >= 0.6 is 0 Å². The summed E-state index contributed by atoms with van der Waals surface area (Å²) in [6.45, 7) is 0. The number of para-hydroxylation sites is 1. The minimum Gasteiger partial charge on any atom is -0.267 e. The molecule has 2 nitrogen and oxygen atoms in total. The maximum atomic E-state index is 11.9. The Labute approximate surface area is 105 Å². The van der Waals surface area contributed by atoms with Crippen molar-refractivity contribution in [1.29, 1.82) is 0 Å². The Morgan fingerprint density at radius 3 is 2.44 bits per heavy atom. The van der Waals surface area contributed by atoms with Crippen LogP contribution in [-0.2, 0) is 4.79 Å². The first-order valence-electron chi connectivity index (χ1n) is 5.79. The molecule has 18 heavy (non-hydrogen) atoms. The second-order valence-corrected chi connectivity index (χ2v) is 4.13. The van der Waals surface area contributed by atoms with Gasteiger partial charge in [-0.1, -0.05) is 48.5 Å². The Hall–Kier alpha value is -2.48. The van der Waals surface area contributed by atoms with Gasteiger partial charge in [0.1, 0.15) is 0 Å². The maximum absolute atomic E-state index is 11.9. The number of carbonyl (C=O) groups excluding carboxylic acids is 1. The third-order valence-corrected chi connectivity index (χ3v) is 2.84. The highest BCUT2D eigenvalue weighted by Gasteiger charge is 2.09. The molecule has 0 saturated heterocycles. The van der Waals surface area contributed by atoms with Gasteiger partial charge < -0.3 is 0 Å². The number of hydrogen-bond donors (Lipinski definition) is 0. The molecule has 0 radical (unpaired) electrons. The summed E-state index contributed by atoms with van der Waals surface area (Å²) >= 11 is 0. The normalized spacial score (nSPS) is 15.8. The molecule has 3 rings (SSSR count). The molecule has 0 atom stereocenters. The van der Waals surface area contributed by atoms with Crippen molar-refractivity contribution in [3.63, 3.8) is 0 Å². The van der Waals surface area contributed by atoms with Crippen molar-refractivity contribution in [3.8, 4) is 0 Å². The SMILES string of the molecule is O=C1N=c2ccccc2=CC1=Cc1ccccc1. The number of nitrogens with zero attached hydrogens (tertiary/aromatic N) is 1. The number of benzene rings is 2. The Morgan fingerprint density at radius 2 is 1.61 bits per heavy atom. The summed E-state index contributed by atoms with van der Waals surface area (Å²) in [6, 6.07) is 17.4. The molecule has 1 heterocycles. The maximum Gasteiger partial charge on any atom is 0.277 e. The molecule has 2 heteroatoms. The molecular formula is C16H11NO. The Morgan fingerprint density at radius 1 is 0.889 bits per heavy atom. The third-order valence-electron chi connectivity index (χ3n) is 2.84. The van der Waals surface area contributed by atoms with Gasteiger partial charge in [-0.3, -0.25) is 4.79 Å². The first-order chi connectivity index (χ1) is 8.83. The third kappa shape index (κ3) is 2.00. The highest BCUT2D eigenvalue weighted by Crippen LogP contribution is 2.10. The van der Waals surface area contributed by atoms with E-state index in [-0.39, 0.29) is 5.91 Å². The Bertz CT molecular complexity index is 742. The highest BCUT2D eigenvalue weighted by molar-refractivity contribution is 6.07. The van der Waals surface area contributed by atoms with Crippen molar-refractivity contribution in [3.05, 3.63) is 76.3 Å². The van der Waals surface area contributed by atoms with Crippen molar-refractivity contribution in [1.82, 2.24) is 0 Å². The molecule has 1 aliphatic heterocycles. The molecule has 0 unspecified atom stereocenters. The highest BCUT2D eigenvalue weighted by atomic mass is 16.1. The summed E-state index contributed by atoms with van der Waals surface area (Å²) in [5.41, 5.74) is 1.63. The zero-order valence-corrected chi connectivity index (χ0v) is 9.71. The van der Waals surface area contributed by atoms with Crippen LogP contribution < -0.4 is 10.6 Å². The minimum absolute atomic E-state index is 0.183. The number of carbonyl (C=O) groups is 1. The topological polar surface area (TPSA) is 29.4 Å². The largest absolute Gasteiger partial charge is 0.277 e. The van der Waals surface area contributed by atoms with Gasteiger partial charge >= 0.3 is 0 Å². The predicted octanol–water partition coefficient (Wildman–Crippen LogP) is 1.71. The smallest absolute Gasteiger partial charge is 0.267 e. The molecule has 86 valence electrons. The number of rotatable bonds is 1. The van der Waals surface area contributed by atoms with Crippen LogP contribution in [0.1, 0.15) is 5.56 Å². The lowest BCUT2D eigenvalue weighted by Gasteiger charge is -2.03. The van der Waals surface area contributed by atoms with Crippen molar-refractivity contribution >= 4 is 18.1 Å². The Kier molecular flexibility index (Phi) is 2.61. The fourth-order valence-corrected chi connectivity index (χ4v) is 1.95. The first-order valence-corrected chi connectivity index (χ1v) is 5.79. The van der Waals surface area contributed by atoms with Crippen molar-refractivity contribution < 1.29 is 4.79 Å². The van der Waals surface area contributed by atoms with Crippen molar-refractivity contribution in [2.24, 2.45) is 4.99 Å². The molecule has 1 aliphatic rings. The van der Waals surface area contributed by atoms with Gasteiger partial charge in [0.15, 0.2) is 0 Å². The van der Waals surface area contributed by atoms with E-state index < -0.39 is 0 Å². The van der Waals surface area contributed by atoms with Crippen LogP contribution in [0.25, 0.3) is 12.2 Å². The van der Waals surface area contributed by atoms with E-state index in [1.807, 2.05) is 66.7 Å². The van der Waals surface area contributed by atoms with E-state index in [0.717, 1.165) is 16.1 Å². The van der Waals surface area contributed by atoms with Crippen LogP contribution in [0.4, 0.5) is 0 Å². The van der Waals surface area contributed by atoms with Gasteiger partial charge in [-0.25, -0.2) is 4.99 Å². The van der Waals surface area contributed by atoms with Gasteiger partial charge in [0, 0.05) is 10.8 Å². The summed E-state index contributed by atoms with van der Waals surface area (Å²) in [5.74, 6) is -0.183. The lowest BCUT2D eigenvalue weighted by molar-refractivity contribution is -0.114. The molecule has 0 fully saturated rings. The number of fused-ring (bicyclic) bond motifs is 1. The first kappa shape index (κ1) is 10.7. The molecule has 0 bridgehead atoms. The van der Waals surface area contributed by atoms with Gasteiger partial charge in [0.2, 0.25) is 0 Å². The Balaban J connectivity index is 2.14. The van der Waals surface area contributed by atoms with E-state index in [4.69, 9.17) is 0 Å². The van der Waals surface area contributed by atoms with Crippen LogP contribution in [0.2, 0.25) is 0 Å². The monoisotopic (exact) mass is 233 g/mol. The van der Waals surface area contributed by atoms with Crippen LogP contribution in [0, 0.1) is 0 Å². The second kappa shape index (κ2) is 4.41.